The average molecular weight is 443 g/mol. The average Bonchev–Trinajstić information content (AvgIpc) is 2.82. The lowest BCUT2D eigenvalue weighted by molar-refractivity contribution is -0.147. The second kappa shape index (κ2) is 11.3. The maximum atomic E-state index is 13.4. The Bertz CT molecular complexity index is 779. The number of carbonyl (C=O) groups is 3. The van der Waals surface area contributed by atoms with Crippen LogP contribution in [0.15, 0.2) is 30.3 Å². The molecule has 0 bridgehead atoms. The number of anilines is 1. The summed E-state index contributed by atoms with van der Waals surface area (Å²) in [6.07, 6.45) is 6.25. The quantitative estimate of drug-likeness (QED) is 0.702. The lowest BCUT2D eigenvalue weighted by Crippen LogP contribution is -2.61. The highest BCUT2D eigenvalue weighted by molar-refractivity contribution is 5.94. The first-order valence-electron chi connectivity index (χ1n) is 12.1. The van der Waals surface area contributed by atoms with Gasteiger partial charge in [0.25, 0.3) is 0 Å². The van der Waals surface area contributed by atoms with Gasteiger partial charge in [-0.05, 0) is 37.8 Å². The van der Waals surface area contributed by atoms with Crippen molar-refractivity contribution in [3.8, 4) is 0 Å². The molecule has 1 heterocycles. The molecule has 1 aliphatic heterocycles. The molecule has 1 aliphatic carbocycles. The molecule has 3 rings (SSSR count). The van der Waals surface area contributed by atoms with Crippen LogP contribution in [0.1, 0.15) is 59.3 Å². The summed E-state index contributed by atoms with van der Waals surface area (Å²) in [7, 11) is 0. The van der Waals surface area contributed by atoms with Crippen molar-refractivity contribution in [1.82, 2.24) is 15.1 Å². The van der Waals surface area contributed by atoms with Crippen molar-refractivity contribution < 1.29 is 14.4 Å². The van der Waals surface area contributed by atoms with Crippen molar-refractivity contribution in [2.45, 2.75) is 71.4 Å². The fraction of sp³-hybridized carbons (Fsp3) is 0.640. The highest BCUT2D eigenvalue weighted by Gasteiger charge is 2.37. The second-order valence-corrected chi connectivity index (χ2v) is 9.33. The van der Waals surface area contributed by atoms with Gasteiger partial charge < -0.3 is 20.4 Å². The highest BCUT2D eigenvalue weighted by atomic mass is 16.2. The van der Waals surface area contributed by atoms with E-state index in [4.69, 9.17) is 0 Å². The molecule has 4 amide bonds. The van der Waals surface area contributed by atoms with Gasteiger partial charge >= 0.3 is 6.03 Å². The van der Waals surface area contributed by atoms with Crippen LogP contribution in [0.4, 0.5) is 10.5 Å². The van der Waals surface area contributed by atoms with E-state index in [-0.39, 0.29) is 35.7 Å². The third kappa shape index (κ3) is 6.02. The number of nitrogens with zero attached hydrogens (tertiary/aromatic N) is 2. The number of hydrogen-bond acceptors (Lipinski definition) is 3. The van der Waals surface area contributed by atoms with E-state index in [2.05, 4.69) is 10.6 Å². The Morgan fingerprint density at radius 2 is 1.75 bits per heavy atom. The first kappa shape index (κ1) is 24.1. The number of carbonyl (C=O) groups excluding carboxylic acids is 3. The Balaban J connectivity index is 1.60. The molecule has 0 aromatic heterocycles. The summed E-state index contributed by atoms with van der Waals surface area (Å²) in [5, 5.41) is 5.69. The minimum absolute atomic E-state index is 0.00114. The van der Waals surface area contributed by atoms with Crippen LogP contribution < -0.4 is 10.6 Å². The zero-order valence-electron chi connectivity index (χ0n) is 19.7. The van der Waals surface area contributed by atoms with Crippen LogP contribution >= 0.6 is 0 Å². The van der Waals surface area contributed by atoms with E-state index in [1.807, 2.05) is 60.9 Å². The molecule has 1 saturated carbocycles. The van der Waals surface area contributed by atoms with Crippen LogP contribution in [0.25, 0.3) is 0 Å². The molecule has 1 aromatic rings. The van der Waals surface area contributed by atoms with Gasteiger partial charge in [-0.25, -0.2) is 4.79 Å². The Kier molecular flexibility index (Phi) is 8.53. The van der Waals surface area contributed by atoms with Crippen molar-refractivity contribution >= 4 is 23.5 Å². The molecule has 2 aliphatic rings. The smallest absolute Gasteiger partial charge is 0.319 e. The number of urea groups is 1. The van der Waals surface area contributed by atoms with Gasteiger partial charge in [-0.1, -0.05) is 57.7 Å². The van der Waals surface area contributed by atoms with Crippen molar-refractivity contribution in [1.29, 1.82) is 0 Å². The van der Waals surface area contributed by atoms with Crippen LogP contribution in [0, 0.1) is 11.8 Å². The highest BCUT2D eigenvalue weighted by Crippen LogP contribution is 2.27. The molecule has 176 valence electrons. The first-order valence-corrected chi connectivity index (χ1v) is 12.1. The van der Waals surface area contributed by atoms with E-state index >= 15 is 0 Å². The van der Waals surface area contributed by atoms with Gasteiger partial charge in [0.2, 0.25) is 11.8 Å². The minimum atomic E-state index is -0.600. The maximum absolute atomic E-state index is 13.4. The number of rotatable bonds is 6. The summed E-state index contributed by atoms with van der Waals surface area (Å²) < 4.78 is 0. The summed E-state index contributed by atoms with van der Waals surface area (Å²) in [5.41, 5.74) is 0.684. The van der Waals surface area contributed by atoms with Gasteiger partial charge in [-0.2, -0.15) is 0 Å². The molecular weight excluding hydrogens is 404 g/mol. The van der Waals surface area contributed by atoms with Gasteiger partial charge in [0.05, 0.1) is 0 Å². The second-order valence-electron chi connectivity index (χ2n) is 9.33. The van der Waals surface area contributed by atoms with E-state index in [1.54, 1.807) is 0 Å². The molecule has 1 aromatic carbocycles. The molecule has 1 saturated heterocycles. The number of nitrogens with one attached hydrogen (secondary N) is 2. The topological polar surface area (TPSA) is 81.8 Å². The van der Waals surface area contributed by atoms with Crippen LogP contribution in [-0.4, -0.2) is 59.4 Å². The van der Waals surface area contributed by atoms with Gasteiger partial charge in [0, 0.05) is 37.3 Å². The minimum Gasteiger partial charge on any atom is -0.337 e. The van der Waals surface area contributed by atoms with E-state index < -0.39 is 6.04 Å². The fourth-order valence-corrected chi connectivity index (χ4v) is 4.78. The fourth-order valence-electron chi connectivity index (χ4n) is 4.78. The van der Waals surface area contributed by atoms with Gasteiger partial charge in [-0.3, -0.25) is 9.59 Å². The molecule has 3 unspecified atom stereocenters. The molecule has 2 N–H and O–H groups in total. The summed E-state index contributed by atoms with van der Waals surface area (Å²) in [5.74, 6) is 0.327. The Labute approximate surface area is 191 Å². The van der Waals surface area contributed by atoms with Crippen molar-refractivity contribution in [2.24, 2.45) is 11.8 Å². The summed E-state index contributed by atoms with van der Waals surface area (Å²) in [4.78, 5) is 42.7. The molecule has 7 nitrogen and oxygen atoms in total. The Morgan fingerprint density at radius 3 is 2.38 bits per heavy atom. The van der Waals surface area contributed by atoms with E-state index in [0.717, 1.165) is 32.1 Å². The molecule has 0 spiro atoms. The summed E-state index contributed by atoms with van der Waals surface area (Å²) in [6, 6.07) is 8.20. The van der Waals surface area contributed by atoms with Gasteiger partial charge in [-0.15, -0.1) is 0 Å². The third-order valence-electron chi connectivity index (χ3n) is 6.97. The van der Waals surface area contributed by atoms with Crippen LogP contribution in [-0.2, 0) is 9.59 Å². The number of amides is 4. The standard InChI is InChI=1S/C25H38N4O3/c1-4-18(2)22(27-25(32)26-21-13-9-6-10-14-21)24(31)28-15-16-29(19(3)17-28)23(30)20-11-7-5-8-12-20/h6,9-10,13-14,18-20,22H,4-5,7-8,11-12,15-17H2,1-3H3,(H2,26,27,32). The number of piperazine rings is 1. The molecule has 2 fully saturated rings. The van der Waals surface area contributed by atoms with Crippen LogP contribution in [0.5, 0.6) is 0 Å². The summed E-state index contributed by atoms with van der Waals surface area (Å²) in [6.45, 7) is 7.60. The molecule has 7 heteroatoms. The SMILES string of the molecule is CCC(C)C(NC(=O)Nc1ccccc1)C(=O)N1CCN(C(=O)C2CCCCC2)C(C)C1. The molecular formula is C25H38N4O3. The Hall–Kier alpha value is -2.57. The lowest BCUT2D eigenvalue weighted by atomic mass is 9.87. The number of para-hydroxylation sites is 1. The monoisotopic (exact) mass is 442 g/mol. The first-order chi connectivity index (χ1) is 15.4. The van der Waals surface area contributed by atoms with Crippen LogP contribution in [0.2, 0.25) is 0 Å². The summed E-state index contributed by atoms with van der Waals surface area (Å²) >= 11 is 0. The zero-order valence-corrected chi connectivity index (χ0v) is 19.7. The normalized spacial score (nSPS) is 21.5. The molecule has 3 atom stereocenters. The van der Waals surface area contributed by atoms with Gasteiger partial charge in [0.1, 0.15) is 6.04 Å². The lowest BCUT2D eigenvalue weighted by Gasteiger charge is -2.43. The zero-order chi connectivity index (χ0) is 23.1. The van der Waals surface area contributed by atoms with Crippen molar-refractivity contribution in [2.75, 3.05) is 25.0 Å². The van der Waals surface area contributed by atoms with E-state index in [9.17, 15) is 14.4 Å². The maximum Gasteiger partial charge on any atom is 0.319 e. The molecule has 0 radical (unpaired) electrons. The van der Waals surface area contributed by atoms with Gasteiger partial charge in [0.15, 0.2) is 0 Å². The number of benzene rings is 1. The van der Waals surface area contributed by atoms with E-state index in [1.165, 1.54) is 6.42 Å². The molecule has 32 heavy (non-hydrogen) atoms. The Morgan fingerprint density at radius 1 is 1.06 bits per heavy atom. The number of hydrogen-bond donors (Lipinski definition) is 2. The predicted octanol–water partition coefficient (Wildman–Crippen LogP) is 3.86. The van der Waals surface area contributed by atoms with E-state index in [0.29, 0.717) is 25.3 Å². The third-order valence-corrected chi connectivity index (χ3v) is 6.97. The predicted molar refractivity (Wildman–Crippen MR) is 126 cm³/mol. The van der Waals surface area contributed by atoms with Crippen LogP contribution in [0.3, 0.4) is 0 Å². The largest absolute Gasteiger partial charge is 0.337 e. The van der Waals surface area contributed by atoms with Crippen molar-refractivity contribution in [3.05, 3.63) is 30.3 Å². The van der Waals surface area contributed by atoms with Crippen molar-refractivity contribution in [3.63, 3.8) is 0 Å².